The second-order valence-electron chi connectivity index (χ2n) is 4.10. The fraction of sp³-hybridized carbons (Fsp3) is 0.133. The minimum atomic E-state index is -1.49. The van der Waals surface area contributed by atoms with Gasteiger partial charge in [-0.1, -0.05) is 42.5 Å². The van der Waals surface area contributed by atoms with Crippen molar-refractivity contribution < 1.29 is 18.8 Å². The Bertz CT molecular complexity index is 610. The van der Waals surface area contributed by atoms with Crippen LogP contribution >= 0.6 is 0 Å². The van der Waals surface area contributed by atoms with Gasteiger partial charge < -0.3 is 9.84 Å². The van der Waals surface area contributed by atoms with Gasteiger partial charge in [-0.15, -0.1) is 0 Å². The van der Waals surface area contributed by atoms with Crippen LogP contribution in [0.4, 0.5) is 0 Å². The van der Waals surface area contributed by atoms with E-state index in [1.165, 1.54) is 6.07 Å². The predicted octanol–water partition coefficient (Wildman–Crippen LogP) is 2.67. The molecule has 0 saturated heterocycles. The van der Waals surface area contributed by atoms with Crippen LogP contribution in [0.1, 0.15) is 15.9 Å². The third-order valence-corrected chi connectivity index (χ3v) is 3.89. The first kappa shape index (κ1) is 14.4. The van der Waals surface area contributed by atoms with E-state index in [-0.39, 0.29) is 16.4 Å². The van der Waals surface area contributed by atoms with Gasteiger partial charge in [-0.3, -0.25) is 4.21 Å². The number of benzene rings is 2. The van der Waals surface area contributed by atoms with Crippen LogP contribution in [0.2, 0.25) is 0 Å². The third-order valence-electron chi connectivity index (χ3n) is 2.66. The molecular formula is C15H14O4S. The number of hydrogen-bond donors (Lipinski definition) is 1. The van der Waals surface area contributed by atoms with Crippen molar-refractivity contribution >= 4 is 16.8 Å². The first-order chi connectivity index (χ1) is 9.68. The molecule has 0 aliphatic carbocycles. The zero-order valence-electron chi connectivity index (χ0n) is 10.7. The van der Waals surface area contributed by atoms with Crippen LogP contribution in [0.25, 0.3) is 0 Å². The first-order valence-electron chi connectivity index (χ1n) is 6.01. The Hall–Kier alpha value is -1.98. The topological polar surface area (TPSA) is 63.6 Å². The van der Waals surface area contributed by atoms with Crippen molar-refractivity contribution in [1.82, 2.24) is 0 Å². The molecule has 0 amide bonds. The van der Waals surface area contributed by atoms with Crippen LogP contribution in [0.15, 0.2) is 59.5 Å². The standard InChI is InChI=1S/C15H14O4S/c16-15(17)13-8-4-5-9-14(13)20(18)11-19-10-12-6-2-1-3-7-12/h1-9H,10-11H2,(H,16,17). The zero-order valence-corrected chi connectivity index (χ0v) is 11.5. The number of hydrogen-bond acceptors (Lipinski definition) is 3. The van der Waals surface area contributed by atoms with Crippen molar-refractivity contribution in [1.29, 1.82) is 0 Å². The summed E-state index contributed by atoms with van der Waals surface area (Å²) in [6.07, 6.45) is 0. The van der Waals surface area contributed by atoms with Crippen LogP contribution < -0.4 is 0 Å². The fourth-order valence-electron chi connectivity index (χ4n) is 1.71. The summed E-state index contributed by atoms with van der Waals surface area (Å²) in [6.45, 7) is 0.349. The van der Waals surface area contributed by atoms with Crippen molar-refractivity contribution in [2.45, 2.75) is 11.5 Å². The van der Waals surface area contributed by atoms with Crippen molar-refractivity contribution in [2.24, 2.45) is 0 Å². The molecule has 0 radical (unpaired) electrons. The highest BCUT2D eigenvalue weighted by Crippen LogP contribution is 2.14. The molecule has 104 valence electrons. The Morgan fingerprint density at radius 2 is 1.70 bits per heavy atom. The predicted molar refractivity (Wildman–Crippen MR) is 75.9 cm³/mol. The number of ether oxygens (including phenoxy) is 1. The van der Waals surface area contributed by atoms with E-state index in [0.29, 0.717) is 6.61 Å². The van der Waals surface area contributed by atoms with Gasteiger partial charge in [0.2, 0.25) is 0 Å². The van der Waals surface area contributed by atoms with Crippen LogP contribution in [-0.2, 0) is 22.1 Å². The fourth-order valence-corrected chi connectivity index (χ4v) is 2.71. The van der Waals surface area contributed by atoms with E-state index in [1.807, 2.05) is 30.3 Å². The van der Waals surface area contributed by atoms with Gasteiger partial charge in [0, 0.05) is 0 Å². The average molecular weight is 290 g/mol. The molecule has 0 saturated carbocycles. The molecule has 0 heterocycles. The Morgan fingerprint density at radius 3 is 2.40 bits per heavy atom. The van der Waals surface area contributed by atoms with E-state index >= 15 is 0 Å². The van der Waals surface area contributed by atoms with Gasteiger partial charge in [0.25, 0.3) is 0 Å². The van der Waals surface area contributed by atoms with Gasteiger partial charge in [0.15, 0.2) is 0 Å². The Labute approximate surface area is 119 Å². The number of aromatic carboxylic acids is 1. The summed E-state index contributed by atoms with van der Waals surface area (Å²) in [5.41, 5.74) is 1.03. The maximum absolute atomic E-state index is 12.1. The molecule has 4 nitrogen and oxygen atoms in total. The Morgan fingerprint density at radius 1 is 1.05 bits per heavy atom. The lowest BCUT2D eigenvalue weighted by molar-refractivity contribution is 0.0693. The molecule has 2 aromatic rings. The minimum Gasteiger partial charge on any atom is -0.478 e. The van der Waals surface area contributed by atoms with Gasteiger partial charge in [0.1, 0.15) is 5.94 Å². The first-order valence-corrected chi connectivity index (χ1v) is 7.33. The molecule has 1 N–H and O–H groups in total. The van der Waals surface area contributed by atoms with E-state index in [0.717, 1.165) is 5.56 Å². The van der Waals surface area contributed by atoms with E-state index < -0.39 is 16.8 Å². The summed E-state index contributed by atoms with van der Waals surface area (Å²) in [6, 6.07) is 15.8. The summed E-state index contributed by atoms with van der Waals surface area (Å²) in [7, 11) is -1.49. The summed E-state index contributed by atoms with van der Waals surface area (Å²) in [5.74, 6) is -1.11. The Kier molecular flexibility index (Phi) is 5.03. The highest BCUT2D eigenvalue weighted by Gasteiger charge is 2.14. The van der Waals surface area contributed by atoms with Crippen LogP contribution in [-0.4, -0.2) is 21.2 Å². The van der Waals surface area contributed by atoms with Crippen LogP contribution in [0.3, 0.4) is 0 Å². The number of carbonyl (C=O) groups is 1. The molecule has 1 atom stereocenters. The van der Waals surface area contributed by atoms with E-state index in [2.05, 4.69) is 0 Å². The third kappa shape index (κ3) is 3.76. The summed E-state index contributed by atoms with van der Waals surface area (Å²) in [4.78, 5) is 11.3. The van der Waals surface area contributed by atoms with Crippen LogP contribution in [0.5, 0.6) is 0 Å². The molecule has 0 spiro atoms. The molecule has 0 bridgehead atoms. The maximum Gasteiger partial charge on any atom is 0.336 e. The number of carboxylic acids is 1. The largest absolute Gasteiger partial charge is 0.478 e. The minimum absolute atomic E-state index is 0.0286. The normalized spacial score (nSPS) is 12.0. The van der Waals surface area contributed by atoms with E-state index in [1.54, 1.807) is 18.2 Å². The van der Waals surface area contributed by atoms with Crippen molar-refractivity contribution in [3.63, 3.8) is 0 Å². The van der Waals surface area contributed by atoms with Gasteiger partial charge in [-0.25, -0.2) is 4.79 Å². The molecule has 0 aliphatic rings. The summed E-state index contributed by atoms with van der Waals surface area (Å²) in [5, 5.41) is 9.04. The summed E-state index contributed by atoms with van der Waals surface area (Å²) >= 11 is 0. The van der Waals surface area contributed by atoms with Crippen molar-refractivity contribution in [3.8, 4) is 0 Å². The number of carboxylic acid groups (broad SMARTS) is 1. The van der Waals surface area contributed by atoms with Crippen molar-refractivity contribution in [2.75, 3.05) is 5.94 Å². The quantitative estimate of drug-likeness (QED) is 0.888. The van der Waals surface area contributed by atoms with Gasteiger partial charge >= 0.3 is 5.97 Å². The van der Waals surface area contributed by atoms with E-state index in [9.17, 15) is 9.00 Å². The lowest BCUT2D eigenvalue weighted by Gasteiger charge is -2.07. The van der Waals surface area contributed by atoms with Crippen LogP contribution in [0, 0.1) is 0 Å². The molecule has 0 fully saturated rings. The zero-order chi connectivity index (χ0) is 14.4. The lowest BCUT2D eigenvalue weighted by Crippen LogP contribution is -2.08. The maximum atomic E-state index is 12.1. The molecule has 2 aromatic carbocycles. The number of rotatable bonds is 6. The average Bonchev–Trinajstić information content (AvgIpc) is 2.48. The molecule has 20 heavy (non-hydrogen) atoms. The molecular weight excluding hydrogens is 276 g/mol. The lowest BCUT2D eigenvalue weighted by atomic mass is 10.2. The van der Waals surface area contributed by atoms with Gasteiger partial charge in [-0.05, 0) is 17.7 Å². The molecule has 1 unspecified atom stereocenters. The van der Waals surface area contributed by atoms with Gasteiger partial charge in [0.05, 0.1) is 27.9 Å². The molecule has 0 aliphatic heterocycles. The molecule has 5 heteroatoms. The SMILES string of the molecule is O=C(O)c1ccccc1S(=O)COCc1ccccc1. The second-order valence-corrected chi connectivity index (χ2v) is 5.47. The summed E-state index contributed by atoms with van der Waals surface area (Å²) < 4.78 is 17.5. The second kappa shape index (κ2) is 6.98. The highest BCUT2D eigenvalue weighted by atomic mass is 32.2. The molecule has 2 rings (SSSR count). The van der Waals surface area contributed by atoms with E-state index in [4.69, 9.17) is 9.84 Å². The van der Waals surface area contributed by atoms with Crippen molar-refractivity contribution in [3.05, 3.63) is 65.7 Å². The van der Waals surface area contributed by atoms with Gasteiger partial charge in [-0.2, -0.15) is 0 Å². The monoisotopic (exact) mass is 290 g/mol. The smallest absolute Gasteiger partial charge is 0.336 e. The molecule has 0 aromatic heterocycles. The Balaban J connectivity index is 1.97. The highest BCUT2D eigenvalue weighted by molar-refractivity contribution is 7.85.